The summed E-state index contributed by atoms with van der Waals surface area (Å²) in [6.07, 6.45) is 7.46. The largest absolute Gasteiger partial charge is 1.00 e. The summed E-state index contributed by atoms with van der Waals surface area (Å²) in [5, 5.41) is 22.3. The molecule has 10 heteroatoms. The van der Waals surface area contributed by atoms with Crippen molar-refractivity contribution >= 4 is 61.3 Å². The Kier molecular flexibility index (Phi) is 12.0. The van der Waals surface area contributed by atoms with Gasteiger partial charge in [0, 0.05) is 11.2 Å². The first-order valence-electron chi connectivity index (χ1n) is 16.0. The number of fused-ring (bicyclic) bond motifs is 1. The van der Waals surface area contributed by atoms with Gasteiger partial charge in [-0.1, -0.05) is 72.8 Å². The van der Waals surface area contributed by atoms with E-state index in [0.717, 1.165) is 64.1 Å². The molecule has 1 aliphatic rings. The van der Waals surface area contributed by atoms with Crippen molar-refractivity contribution < 1.29 is 53.0 Å². The van der Waals surface area contributed by atoms with E-state index in [1.807, 2.05) is 66.4 Å². The zero-order chi connectivity index (χ0) is 33.9. The Hall–Kier alpha value is -2.76. The molecule has 1 unspecified atom stereocenters. The zero-order valence-corrected chi connectivity index (χ0v) is 32.4. The summed E-state index contributed by atoms with van der Waals surface area (Å²) in [5.41, 5.74) is 4.41. The van der Waals surface area contributed by atoms with E-state index < -0.39 is 21.4 Å². The van der Waals surface area contributed by atoms with Gasteiger partial charge in [-0.3, -0.25) is 0 Å². The Morgan fingerprint density at radius 3 is 2.45 bits per heavy atom. The number of pyridine rings is 1. The van der Waals surface area contributed by atoms with Crippen molar-refractivity contribution in [3.63, 3.8) is 0 Å². The third kappa shape index (κ3) is 9.33. The van der Waals surface area contributed by atoms with Gasteiger partial charge < -0.3 is 15.0 Å². The van der Waals surface area contributed by atoms with Crippen LogP contribution in [0.2, 0.25) is 0 Å². The number of thiophene rings is 1. The normalized spacial score (nSPS) is 14.8. The molecule has 0 aliphatic heterocycles. The van der Waals surface area contributed by atoms with E-state index in [4.69, 9.17) is 4.98 Å². The molecule has 2 heterocycles. The van der Waals surface area contributed by atoms with Crippen molar-refractivity contribution in [1.29, 1.82) is 0 Å². The van der Waals surface area contributed by atoms with Crippen LogP contribution in [0.25, 0.3) is 22.4 Å². The maximum atomic E-state index is 13.2. The molecule has 1 atom stereocenters. The predicted octanol–water partition coefficient (Wildman–Crippen LogP) is 4.86. The molecule has 1 fully saturated rings. The van der Waals surface area contributed by atoms with Crippen molar-refractivity contribution in [2.75, 3.05) is 5.75 Å². The third-order valence-corrected chi connectivity index (χ3v) is 13.9. The minimum Gasteiger partial charge on any atom is -0.550 e. The number of sulfone groups is 1. The van der Waals surface area contributed by atoms with Crippen LogP contribution in [0.1, 0.15) is 72.7 Å². The van der Waals surface area contributed by atoms with Gasteiger partial charge in [-0.2, -0.15) is 11.8 Å². The molecule has 3 aromatic carbocycles. The van der Waals surface area contributed by atoms with Crippen LogP contribution in [-0.4, -0.2) is 30.2 Å². The quantitative estimate of drug-likeness (QED) is 0.164. The number of benzene rings is 3. The molecule has 0 amide bonds. The van der Waals surface area contributed by atoms with Gasteiger partial charge in [0.25, 0.3) is 0 Å². The first-order chi connectivity index (χ1) is 22.9. The van der Waals surface area contributed by atoms with E-state index in [9.17, 15) is 23.4 Å². The van der Waals surface area contributed by atoms with Crippen LogP contribution in [0, 0.1) is 5.41 Å². The Morgan fingerprint density at radius 1 is 1.00 bits per heavy atom. The number of aliphatic carboxylic acids is 1. The smallest absolute Gasteiger partial charge is 0.550 e. The van der Waals surface area contributed by atoms with Gasteiger partial charge in [-0.05, 0) is 116 Å². The summed E-state index contributed by atoms with van der Waals surface area (Å²) in [5.74, 6) is -0.232. The van der Waals surface area contributed by atoms with E-state index in [-0.39, 0.29) is 55.7 Å². The molecule has 5 aromatic rings. The fourth-order valence-electron chi connectivity index (χ4n) is 6.00. The molecule has 0 saturated heterocycles. The second kappa shape index (κ2) is 15.6. The SMILES string of the molecule is CC(C)(O)c1ccccc1CCC(SCC1(CC(=O)[O-])CC1)c1cccc(/C=C/c2ccc3sc(S(=O)(=O)c4ccccc4)cc3n2)c1.[Na+]. The van der Waals surface area contributed by atoms with Crippen LogP contribution in [0.3, 0.4) is 0 Å². The molecular formula is C39H38NNaO5S3. The minimum absolute atomic E-state index is 0. The first-order valence-corrected chi connectivity index (χ1v) is 19.4. The van der Waals surface area contributed by atoms with E-state index >= 15 is 0 Å². The van der Waals surface area contributed by atoms with Crippen molar-refractivity contribution in [3.8, 4) is 0 Å². The number of carboxylic acids is 1. The Bertz CT molecular complexity index is 2070. The molecule has 1 aliphatic carbocycles. The number of carbonyl (C=O) groups excluding carboxylic acids is 1. The Balaban J connectivity index is 0.00000468. The predicted molar refractivity (Wildman–Crippen MR) is 193 cm³/mol. The maximum Gasteiger partial charge on any atom is 1.00 e. The molecule has 49 heavy (non-hydrogen) atoms. The fraction of sp³-hybridized carbons (Fsp3) is 0.282. The van der Waals surface area contributed by atoms with Crippen LogP contribution in [0.4, 0.5) is 0 Å². The summed E-state index contributed by atoms with van der Waals surface area (Å²) in [7, 11) is -3.62. The van der Waals surface area contributed by atoms with E-state index in [2.05, 4.69) is 18.2 Å². The van der Waals surface area contributed by atoms with E-state index in [1.54, 1.807) is 50.2 Å². The van der Waals surface area contributed by atoms with Gasteiger partial charge in [0.2, 0.25) is 9.84 Å². The summed E-state index contributed by atoms with van der Waals surface area (Å²) in [6, 6.07) is 30.3. The zero-order valence-electron chi connectivity index (χ0n) is 28.0. The van der Waals surface area contributed by atoms with Gasteiger partial charge in [-0.15, -0.1) is 11.3 Å². The minimum atomic E-state index is -3.62. The molecule has 2 aromatic heterocycles. The molecule has 6 nitrogen and oxygen atoms in total. The number of nitrogens with zero attached hydrogens (tertiary/aromatic N) is 1. The average Bonchev–Trinajstić information content (AvgIpc) is 3.68. The molecule has 0 bridgehead atoms. The number of hydrogen-bond acceptors (Lipinski definition) is 8. The number of carboxylic acid groups (broad SMARTS) is 1. The second-order valence-corrected chi connectivity index (χ2v) is 17.6. The van der Waals surface area contributed by atoms with Crippen LogP contribution >= 0.6 is 23.1 Å². The maximum absolute atomic E-state index is 13.2. The molecule has 1 N–H and O–H groups in total. The van der Waals surface area contributed by atoms with Crippen LogP contribution < -0.4 is 34.7 Å². The van der Waals surface area contributed by atoms with Gasteiger partial charge in [0.1, 0.15) is 4.21 Å². The first kappa shape index (κ1) is 37.5. The molecule has 0 radical (unpaired) electrons. The number of aryl methyl sites for hydroxylation is 1. The van der Waals surface area contributed by atoms with Crippen LogP contribution in [0.15, 0.2) is 106 Å². The van der Waals surface area contributed by atoms with Gasteiger partial charge in [0.15, 0.2) is 0 Å². The molecule has 6 rings (SSSR count). The number of aliphatic hydroxyl groups is 1. The molecule has 0 spiro atoms. The topological polar surface area (TPSA) is 107 Å². The summed E-state index contributed by atoms with van der Waals surface area (Å²) < 4.78 is 27.4. The van der Waals surface area contributed by atoms with E-state index in [0.29, 0.717) is 5.52 Å². The molecule has 1 saturated carbocycles. The van der Waals surface area contributed by atoms with Crippen molar-refractivity contribution in [1.82, 2.24) is 4.98 Å². The number of rotatable bonds is 14. The average molecular weight is 720 g/mol. The number of aromatic nitrogens is 1. The number of thioether (sulfide) groups is 1. The van der Waals surface area contributed by atoms with Crippen LogP contribution in [0.5, 0.6) is 0 Å². The summed E-state index contributed by atoms with van der Waals surface area (Å²) >= 11 is 3.03. The molecule has 248 valence electrons. The second-order valence-electron chi connectivity index (χ2n) is 13.1. The number of carbonyl (C=O) groups is 1. The third-order valence-electron chi connectivity index (χ3n) is 8.84. The molecular weight excluding hydrogens is 682 g/mol. The fourth-order valence-corrected chi connectivity index (χ4v) is 10.3. The summed E-state index contributed by atoms with van der Waals surface area (Å²) in [6.45, 7) is 3.61. The standard InChI is InChI=1S/C39H39NO5S3.Na/c1-38(2,43)32-14-7-6-10-28(32)16-19-34(46-26-39(21-22-39)25-36(41)42)29-11-8-9-27(23-29)15-17-30-18-20-35-33(40-30)24-37(47-35)48(44,45)31-12-4-3-5-13-31;/h3-15,17-18,20,23-24,34,43H,16,19,21-22,25-26H2,1-2H3,(H,41,42);/q;+1/p-1/b17-15+;. The Morgan fingerprint density at radius 2 is 1.73 bits per heavy atom. The van der Waals surface area contributed by atoms with Gasteiger partial charge >= 0.3 is 29.6 Å². The van der Waals surface area contributed by atoms with Gasteiger partial charge in [0.05, 0.1) is 26.4 Å². The van der Waals surface area contributed by atoms with Crippen LogP contribution in [-0.2, 0) is 26.7 Å². The van der Waals surface area contributed by atoms with Crippen molar-refractivity contribution in [3.05, 3.63) is 125 Å². The number of hydrogen-bond donors (Lipinski definition) is 1. The van der Waals surface area contributed by atoms with Crippen molar-refractivity contribution in [2.24, 2.45) is 5.41 Å². The van der Waals surface area contributed by atoms with Crippen molar-refractivity contribution in [2.45, 2.75) is 65.9 Å². The van der Waals surface area contributed by atoms with E-state index in [1.165, 1.54) is 11.3 Å². The Labute approximate surface area is 318 Å². The van der Waals surface area contributed by atoms with Gasteiger partial charge in [-0.25, -0.2) is 13.4 Å². The summed E-state index contributed by atoms with van der Waals surface area (Å²) in [4.78, 5) is 16.4. The monoisotopic (exact) mass is 719 g/mol.